The molecule has 0 aliphatic rings. The number of anilines is 2. The molecule has 2 rings (SSSR count). The second kappa shape index (κ2) is 6.94. The van der Waals surface area contributed by atoms with Crippen LogP contribution in [-0.4, -0.2) is 19.6 Å². The van der Waals surface area contributed by atoms with E-state index in [2.05, 4.69) is 48.3 Å². The van der Waals surface area contributed by atoms with Crippen LogP contribution in [0.2, 0.25) is 0 Å². The van der Waals surface area contributed by atoms with Gasteiger partial charge in [-0.05, 0) is 38.1 Å². The summed E-state index contributed by atoms with van der Waals surface area (Å²) in [7, 11) is 0. The zero-order valence-electron chi connectivity index (χ0n) is 12.1. The lowest BCUT2D eigenvalue weighted by Gasteiger charge is -2.23. The van der Waals surface area contributed by atoms with Gasteiger partial charge in [0.15, 0.2) is 0 Å². The third kappa shape index (κ3) is 3.73. The number of aryl methyl sites for hydroxylation is 1. The molecule has 0 saturated carbocycles. The van der Waals surface area contributed by atoms with Gasteiger partial charge < -0.3 is 10.2 Å². The van der Waals surface area contributed by atoms with Gasteiger partial charge in [-0.25, -0.2) is 4.39 Å². The molecule has 1 N–H and O–H groups in total. The van der Waals surface area contributed by atoms with Crippen LogP contribution in [0.4, 0.5) is 15.8 Å². The van der Waals surface area contributed by atoms with Crippen molar-refractivity contribution in [3.05, 3.63) is 59.9 Å². The highest BCUT2D eigenvalue weighted by molar-refractivity contribution is 5.48. The van der Waals surface area contributed by atoms with Crippen LogP contribution >= 0.6 is 0 Å². The van der Waals surface area contributed by atoms with E-state index in [-0.39, 0.29) is 5.82 Å². The van der Waals surface area contributed by atoms with Crippen LogP contribution in [0.3, 0.4) is 0 Å². The molecule has 0 aromatic heterocycles. The first-order chi connectivity index (χ1) is 9.70. The van der Waals surface area contributed by atoms with E-state index in [4.69, 9.17) is 0 Å². The highest BCUT2D eigenvalue weighted by Crippen LogP contribution is 2.15. The zero-order valence-corrected chi connectivity index (χ0v) is 12.1. The summed E-state index contributed by atoms with van der Waals surface area (Å²) in [5.41, 5.74) is 3.02. The minimum Gasteiger partial charge on any atom is -0.381 e. The van der Waals surface area contributed by atoms with Gasteiger partial charge in [-0.3, -0.25) is 0 Å². The van der Waals surface area contributed by atoms with E-state index < -0.39 is 0 Å². The highest BCUT2D eigenvalue weighted by Gasteiger charge is 2.04. The average molecular weight is 272 g/mol. The molecule has 0 atom stereocenters. The van der Waals surface area contributed by atoms with E-state index in [0.29, 0.717) is 12.2 Å². The second-order valence-corrected chi connectivity index (χ2v) is 4.82. The molecule has 0 heterocycles. The van der Waals surface area contributed by atoms with Gasteiger partial charge in [0.2, 0.25) is 0 Å². The van der Waals surface area contributed by atoms with E-state index in [1.165, 1.54) is 17.3 Å². The molecule has 0 aliphatic heterocycles. The molecule has 0 unspecified atom stereocenters. The Morgan fingerprint density at radius 2 is 1.75 bits per heavy atom. The van der Waals surface area contributed by atoms with Crippen molar-refractivity contribution in [1.29, 1.82) is 0 Å². The lowest BCUT2D eigenvalue weighted by molar-refractivity contribution is 0.630. The van der Waals surface area contributed by atoms with Crippen molar-refractivity contribution in [2.45, 2.75) is 13.8 Å². The van der Waals surface area contributed by atoms with Crippen molar-refractivity contribution < 1.29 is 4.39 Å². The lowest BCUT2D eigenvalue weighted by atomic mass is 10.2. The molecule has 2 nitrogen and oxygen atoms in total. The van der Waals surface area contributed by atoms with Gasteiger partial charge in [0.05, 0.1) is 5.69 Å². The van der Waals surface area contributed by atoms with E-state index in [1.807, 2.05) is 6.07 Å². The van der Waals surface area contributed by atoms with Crippen molar-refractivity contribution in [1.82, 2.24) is 0 Å². The fourth-order valence-corrected chi connectivity index (χ4v) is 2.16. The second-order valence-electron chi connectivity index (χ2n) is 4.82. The van der Waals surface area contributed by atoms with Gasteiger partial charge in [0.25, 0.3) is 0 Å². The maximum absolute atomic E-state index is 13.5. The summed E-state index contributed by atoms with van der Waals surface area (Å²) in [5, 5.41) is 3.14. The number of nitrogens with zero attached hydrogens (tertiary/aromatic N) is 1. The molecule has 0 radical (unpaired) electrons. The fraction of sp³-hybridized carbons (Fsp3) is 0.294. The summed E-state index contributed by atoms with van der Waals surface area (Å²) in [5.74, 6) is -0.203. The predicted octanol–water partition coefficient (Wildman–Crippen LogP) is 4.07. The molecule has 2 aromatic carbocycles. The molecule has 0 fully saturated rings. The van der Waals surface area contributed by atoms with E-state index in [9.17, 15) is 4.39 Å². The SMILES string of the molecule is CCN(CCNc1ccccc1F)c1ccc(C)cc1. The van der Waals surface area contributed by atoms with Crippen molar-refractivity contribution >= 4 is 11.4 Å². The van der Waals surface area contributed by atoms with Gasteiger partial charge in [0.1, 0.15) is 5.82 Å². The van der Waals surface area contributed by atoms with Crippen LogP contribution in [0.25, 0.3) is 0 Å². The number of rotatable bonds is 6. The standard InChI is InChI=1S/C17H21FN2/c1-3-20(15-10-8-14(2)9-11-15)13-12-19-17-7-5-4-6-16(17)18/h4-11,19H,3,12-13H2,1-2H3. The number of halogens is 1. The molecule has 3 heteroatoms. The van der Waals surface area contributed by atoms with Crippen LogP contribution in [0, 0.1) is 12.7 Å². The normalized spacial score (nSPS) is 10.3. The van der Waals surface area contributed by atoms with Crippen molar-refractivity contribution in [2.75, 3.05) is 29.9 Å². The number of hydrogen-bond donors (Lipinski definition) is 1. The molecule has 2 aromatic rings. The number of nitrogens with one attached hydrogen (secondary N) is 1. The van der Waals surface area contributed by atoms with Gasteiger partial charge in [-0.1, -0.05) is 29.8 Å². The Labute approximate surface area is 120 Å². The summed E-state index contributed by atoms with van der Waals surface area (Å²) in [6.07, 6.45) is 0. The van der Waals surface area contributed by atoms with Crippen LogP contribution in [0.5, 0.6) is 0 Å². The van der Waals surface area contributed by atoms with E-state index in [1.54, 1.807) is 12.1 Å². The molecule has 0 spiro atoms. The largest absolute Gasteiger partial charge is 0.381 e. The summed E-state index contributed by atoms with van der Waals surface area (Å²) < 4.78 is 13.5. The van der Waals surface area contributed by atoms with Crippen LogP contribution in [0.15, 0.2) is 48.5 Å². The van der Waals surface area contributed by atoms with Gasteiger partial charge >= 0.3 is 0 Å². The monoisotopic (exact) mass is 272 g/mol. The Hall–Kier alpha value is -2.03. The smallest absolute Gasteiger partial charge is 0.146 e. The Morgan fingerprint density at radius 1 is 1.05 bits per heavy atom. The Morgan fingerprint density at radius 3 is 2.40 bits per heavy atom. The van der Waals surface area contributed by atoms with E-state index >= 15 is 0 Å². The molecule has 0 saturated heterocycles. The predicted molar refractivity (Wildman–Crippen MR) is 84.0 cm³/mol. The van der Waals surface area contributed by atoms with Crippen LogP contribution in [-0.2, 0) is 0 Å². The highest BCUT2D eigenvalue weighted by atomic mass is 19.1. The number of hydrogen-bond acceptors (Lipinski definition) is 2. The first-order valence-electron chi connectivity index (χ1n) is 7.00. The van der Waals surface area contributed by atoms with Crippen LogP contribution in [0.1, 0.15) is 12.5 Å². The van der Waals surface area contributed by atoms with Crippen molar-refractivity contribution in [2.24, 2.45) is 0 Å². The summed E-state index contributed by atoms with van der Waals surface area (Å²) >= 11 is 0. The minimum atomic E-state index is -0.203. The maximum Gasteiger partial charge on any atom is 0.146 e. The maximum atomic E-state index is 13.5. The minimum absolute atomic E-state index is 0.203. The number of para-hydroxylation sites is 1. The quantitative estimate of drug-likeness (QED) is 0.852. The molecular formula is C17H21FN2. The summed E-state index contributed by atoms with van der Waals surface area (Å²) in [6, 6.07) is 15.2. The summed E-state index contributed by atoms with van der Waals surface area (Å²) in [6.45, 7) is 6.70. The molecule has 106 valence electrons. The Bertz CT molecular complexity index is 537. The van der Waals surface area contributed by atoms with Gasteiger partial charge in [-0.15, -0.1) is 0 Å². The molecule has 20 heavy (non-hydrogen) atoms. The average Bonchev–Trinajstić information content (AvgIpc) is 2.47. The first-order valence-corrected chi connectivity index (χ1v) is 7.00. The number of benzene rings is 2. The molecule has 0 amide bonds. The third-order valence-corrected chi connectivity index (χ3v) is 3.35. The van der Waals surface area contributed by atoms with Crippen molar-refractivity contribution in [3.8, 4) is 0 Å². The summed E-state index contributed by atoms with van der Waals surface area (Å²) in [4.78, 5) is 2.27. The number of likely N-dealkylation sites (N-methyl/N-ethyl adjacent to an activating group) is 1. The van der Waals surface area contributed by atoms with E-state index in [0.717, 1.165) is 13.1 Å². The molecule has 0 bridgehead atoms. The molecule has 0 aliphatic carbocycles. The fourth-order valence-electron chi connectivity index (χ4n) is 2.16. The lowest BCUT2D eigenvalue weighted by Crippen LogP contribution is -2.28. The topological polar surface area (TPSA) is 15.3 Å². The van der Waals surface area contributed by atoms with Gasteiger partial charge in [0, 0.05) is 25.3 Å². The van der Waals surface area contributed by atoms with Gasteiger partial charge in [-0.2, -0.15) is 0 Å². The van der Waals surface area contributed by atoms with Crippen LogP contribution < -0.4 is 10.2 Å². The third-order valence-electron chi connectivity index (χ3n) is 3.35. The molecular weight excluding hydrogens is 251 g/mol. The Kier molecular flexibility index (Phi) is 4.99. The zero-order chi connectivity index (χ0) is 14.4. The van der Waals surface area contributed by atoms with Crippen molar-refractivity contribution in [3.63, 3.8) is 0 Å². The first kappa shape index (κ1) is 14.4. The Balaban J connectivity index is 1.91.